The van der Waals surface area contributed by atoms with Crippen LogP contribution >= 0.6 is 11.6 Å². The summed E-state index contributed by atoms with van der Waals surface area (Å²) < 4.78 is 0. The van der Waals surface area contributed by atoms with Crippen molar-refractivity contribution in [3.8, 4) is 39.7 Å². The number of H-pyrrole nitrogens is 1. The summed E-state index contributed by atoms with van der Waals surface area (Å²) in [4.78, 5) is 8.19. The highest BCUT2D eigenvalue weighted by Gasteiger charge is 2.15. The summed E-state index contributed by atoms with van der Waals surface area (Å²) in [5, 5.41) is 10.5. The second kappa shape index (κ2) is 6.46. The molecule has 122 valence electrons. The number of hydrogen-bond donors (Lipinski definition) is 2. The van der Waals surface area contributed by atoms with Crippen molar-refractivity contribution in [3.05, 3.63) is 83.9 Å². The van der Waals surface area contributed by atoms with E-state index in [0.29, 0.717) is 10.8 Å². The minimum Gasteiger partial charge on any atom is -0.508 e. The predicted octanol–water partition coefficient (Wildman–Crippen LogP) is 5.77. The number of aromatic amines is 1. The molecule has 25 heavy (non-hydrogen) atoms. The maximum atomic E-state index is 9.76. The number of nitrogens with one attached hydrogen (secondary N) is 1. The standard InChI is InChI=1S/C21H15ClN2O/c22-17-11-9-15(10-12-17)20-19(14-5-2-1-3-6-14)23-21(24-20)16-7-4-8-18(25)13-16/h1-13,25H,(H,23,24). The lowest BCUT2D eigenvalue weighted by molar-refractivity contribution is 0.475. The van der Waals surface area contributed by atoms with Crippen LogP contribution in [0.4, 0.5) is 0 Å². The number of nitrogens with zero attached hydrogens (tertiary/aromatic N) is 1. The van der Waals surface area contributed by atoms with Gasteiger partial charge in [0.15, 0.2) is 0 Å². The van der Waals surface area contributed by atoms with Gasteiger partial charge in [-0.05, 0) is 24.3 Å². The molecule has 1 aromatic heterocycles. The number of aromatic hydroxyl groups is 1. The van der Waals surface area contributed by atoms with Crippen molar-refractivity contribution in [2.24, 2.45) is 0 Å². The largest absolute Gasteiger partial charge is 0.508 e. The highest BCUT2D eigenvalue weighted by atomic mass is 35.5. The van der Waals surface area contributed by atoms with E-state index >= 15 is 0 Å². The molecule has 1 heterocycles. The summed E-state index contributed by atoms with van der Waals surface area (Å²) in [5.74, 6) is 0.919. The summed E-state index contributed by atoms with van der Waals surface area (Å²) >= 11 is 6.02. The third kappa shape index (κ3) is 3.14. The molecule has 0 radical (unpaired) electrons. The molecule has 0 spiro atoms. The molecule has 4 rings (SSSR count). The van der Waals surface area contributed by atoms with Crippen LogP contribution in [0.25, 0.3) is 33.9 Å². The third-order valence-corrected chi connectivity index (χ3v) is 4.26. The molecule has 0 saturated heterocycles. The first-order chi connectivity index (χ1) is 12.2. The first-order valence-electron chi connectivity index (χ1n) is 7.91. The lowest BCUT2D eigenvalue weighted by Gasteiger charge is -2.03. The van der Waals surface area contributed by atoms with Crippen LogP contribution in [0.5, 0.6) is 5.75 Å². The Bertz CT molecular complexity index is 1010. The summed E-state index contributed by atoms with van der Waals surface area (Å²) in [7, 11) is 0. The number of rotatable bonds is 3. The van der Waals surface area contributed by atoms with Gasteiger partial charge in [-0.2, -0.15) is 0 Å². The van der Waals surface area contributed by atoms with E-state index in [1.54, 1.807) is 18.2 Å². The molecule has 4 heteroatoms. The SMILES string of the molecule is Oc1cccc(-c2nc(-c3ccccc3)c(-c3ccc(Cl)cc3)[nH]2)c1. The molecular formula is C21H15ClN2O. The van der Waals surface area contributed by atoms with E-state index in [1.807, 2.05) is 60.7 Å². The Morgan fingerprint density at radius 2 is 1.48 bits per heavy atom. The zero-order valence-electron chi connectivity index (χ0n) is 13.3. The topological polar surface area (TPSA) is 48.9 Å². The molecule has 0 aliphatic heterocycles. The van der Waals surface area contributed by atoms with Gasteiger partial charge in [-0.3, -0.25) is 0 Å². The number of hydrogen-bond acceptors (Lipinski definition) is 2. The van der Waals surface area contributed by atoms with Gasteiger partial charge in [0, 0.05) is 21.7 Å². The van der Waals surface area contributed by atoms with Crippen LogP contribution < -0.4 is 0 Å². The Hall–Kier alpha value is -3.04. The molecule has 0 fully saturated rings. The van der Waals surface area contributed by atoms with Crippen LogP contribution in [0, 0.1) is 0 Å². The predicted molar refractivity (Wildman–Crippen MR) is 102 cm³/mol. The molecule has 0 atom stereocenters. The van der Waals surface area contributed by atoms with E-state index in [-0.39, 0.29) is 5.75 Å². The Labute approximate surface area is 150 Å². The van der Waals surface area contributed by atoms with Crippen molar-refractivity contribution in [1.29, 1.82) is 0 Å². The molecule has 0 amide bonds. The average Bonchev–Trinajstić information content (AvgIpc) is 3.08. The van der Waals surface area contributed by atoms with Crippen LogP contribution in [-0.4, -0.2) is 15.1 Å². The highest BCUT2D eigenvalue weighted by molar-refractivity contribution is 6.30. The second-order valence-electron chi connectivity index (χ2n) is 5.73. The molecule has 3 aromatic carbocycles. The maximum absolute atomic E-state index is 9.76. The van der Waals surface area contributed by atoms with Crippen LogP contribution in [0.1, 0.15) is 0 Å². The van der Waals surface area contributed by atoms with Crippen LogP contribution in [0.15, 0.2) is 78.9 Å². The molecule has 0 aliphatic carbocycles. The number of halogens is 1. The van der Waals surface area contributed by atoms with Gasteiger partial charge in [-0.25, -0.2) is 4.98 Å². The Balaban J connectivity index is 1.90. The fourth-order valence-corrected chi connectivity index (χ4v) is 2.92. The summed E-state index contributed by atoms with van der Waals surface area (Å²) in [5.41, 5.74) is 4.64. The van der Waals surface area contributed by atoms with Gasteiger partial charge in [0.05, 0.1) is 11.4 Å². The van der Waals surface area contributed by atoms with Gasteiger partial charge >= 0.3 is 0 Å². The minimum atomic E-state index is 0.211. The van der Waals surface area contributed by atoms with Crippen molar-refractivity contribution >= 4 is 11.6 Å². The van der Waals surface area contributed by atoms with Gasteiger partial charge in [-0.15, -0.1) is 0 Å². The Morgan fingerprint density at radius 3 is 2.20 bits per heavy atom. The van der Waals surface area contributed by atoms with Gasteiger partial charge in [0.2, 0.25) is 0 Å². The van der Waals surface area contributed by atoms with Gasteiger partial charge in [0.1, 0.15) is 11.6 Å². The fraction of sp³-hybridized carbons (Fsp3) is 0. The minimum absolute atomic E-state index is 0.211. The quantitative estimate of drug-likeness (QED) is 0.494. The number of imidazole rings is 1. The molecule has 0 bridgehead atoms. The smallest absolute Gasteiger partial charge is 0.138 e. The Kier molecular flexibility index (Phi) is 4.00. The van der Waals surface area contributed by atoms with E-state index in [4.69, 9.17) is 16.6 Å². The van der Waals surface area contributed by atoms with Crippen LogP contribution in [-0.2, 0) is 0 Å². The van der Waals surface area contributed by atoms with E-state index < -0.39 is 0 Å². The molecule has 0 unspecified atom stereocenters. The lowest BCUT2D eigenvalue weighted by Crippen LogP contribution is -1.83. The third-order valence-electron chi connectivity index (χ3n) is 4.00. The molecule has 4 aromatic rings. The number of phenols is 1. The second-order valence-corrected chi connectivity index (χ2v) is 6.17. The van der Waals surface area contributed by atoms with Crippen molar-refractivity contribution < 1.29 is 5.11 Å². The summed E-state index contributed by atoms with van der Waals surface area (Å²) in [6, 6.07) is 24.7. The molecule has 0 aliphatic rings. The summed E-state index contributed by atoms with van der Waals surface area (Å²) in [6.07, 6.45) is 0. The fourth-order valence-electron chi connectivity index (χ4n) is 2.79. The van der Waals surface area contributed by atoms with E-state index in [1.165, 1.54) is 0 Å². The Morgan fingerprint density at radius 1 is 0.760 bits per heavy atom. The van der Waals surface area contributed by atoms with E-state index in [9.17, 15) is 5.11 Å². The van der Waals surface area contributed by atoms with E-state index in [2.05, 4.69) is 4.98 Å². The maximum Gasteiger partial charge on any atom is 0.138 e. The molecule has 3 nitrogen and oxygen atoms in total. The van der Waals surface area contributed by atoms with Crippen LogP contribution in [0.2, 0.25) is 5.02 Å². The zero-order valence-corrected chi connectivity index (χ0v) is 14.0. The molecular weight excluding hydrogens is 332 g/mol. The van der Waals surface area contributed by atoms with Crippen molar-refractivity contribution in [2.75, 3.05) is 0 Å². The van der Waals surface area contributed by atoms with E-state index in [0.717, 1.165) is 28.1 Å². The first kappa shape index (κ1) is 15.5. The number of aromatic nitrogens is 2. The monoisotopic (exact) mass is 346 g/mol. The van der Waals surface area contributed by atoms with Gasteiger partial charge in [-0.1, -0.05) is 66.2 Å². The molecule has 2 N–H and O–H groups in total. The first-order valence-corrected chi connectivity index (χ1v) is 8.29. The lowest BCUT2D eigenvalue weighted by atomic mass is 10.1. The van der Waals surface area contributed by atoms with Crippen molar-refractivity contribution in [3.63, 3.8) is 0 Å². The number of benzene rings is 3. The summed E-state index contributed by atoms with van der Waals surface area (Å²) in [6.45, 7) is 0. The van der Waals surface area contributed by atoms with Crippen molar-refractivity contribution in [1.82, 2.24) is 9.97 Å². The van der Waals surface area contributed by atoms with Crippen molar-refractivity contribution in [2.45, 2.75) is 0 Å². The highest BCUT2D eigenvalue weighted by Crippen LogP contribution is 2.34. The normalized spacial score (nSPS) is 10.8. The zero-order chi connectivity index (χ0) is 17.2. The number of phenolic OH excluding ortho intramolecular Hbond substituents is 1. The van der Waals surface area contributed by atoms with Gasteiger partial charge in [0.25, 0.3) is 0 Å². The average molecular weight is 347 g/mol. The molecule has 0 saturated carbocycles. The van der Waals surface area contributed by atoms with Crippen LogP contribution in [0.3, 0.4) is 0 Å². The van der Waals surface area contributed by atoms with Gasteiger partial charge < -0.3 is 10.1 Å².